The Hall–Kier alpha value is -0.870. The van der Waals surface area contributed by atoms with Gasteiger partial charge in [-0.3, -0.25) is 4.79 Å². The fraction of sp³-hybridized carbons (Fsp3) is 0.462. The summed E-state index contributed by atoms with van der Waals surface area (Å²) in [6.45, 7) is 4.74. The van der Waals surface area contributed by atoms with E-state index in [1.807, 2.05) is 30.0 Å². The van der Waals surface area contributed by atoms with Crippen LogP contribution in [-0.2, 0) is 11.2 Å². The Morgan fingerprint density at radius 1 is 1.47 bits per heavy atom. The summed E-state index contributed by atoms with van der Waals surface area (Å²) in [5.74, 6) is 0.118. The van der Waals surface area contributed by atoms with Crippen LogP contribution in [0.4, 0.5) is 0 Å². The fourth-order valence-corrected chi connectivity index (χ4v) is 2.63. The molecular formula is C13H16BrNO2. The summed E-state index contributed by atoms with van der Waals surface area (Å²) in [5, 5.41) is 0. The van der Waals surface area contributed by atoms with Crippen molar-refractivity contribution in [3.8, 4) is 0 Å². The van der Waals surface area contributed by atoms with Crippen LogP contribution in [0.5, 0.6) is 0 Å². The Bertz CT molecular complexity index is 420. The zero-order valence-corrected chi connectivity index (χ0v) is 11.5. The van der Waals surface area contributed by atoms with Gasteiger partial charge in [0.15, 0.2) is 0 Å². The molecular weight excluding hydrogens is 282 g/mol. The summed E-state index contributed by atoms with van der Waals surface area (Å²) < 4.78 is 6.33. The van der Waals surface area contributed by atoms with Gasteiger partial charge >= 0.3 is 0 Å². The zero-order chi connectivity index (χ0) is 12.3. The van der Waals surface area contributed by atoms with Crippen LogP contribution in [0.1, 0.15) is 22.8 Å². The molecule has 0 unspecified atom stereocenters. The van der Waals surface area contributed by atoms with E-state index in [9.17, 15) is 4.79 Å². The first-order valence-corrected chi connectivity index (χ1v) is 6.67. The number of amides is 1. The highest BCUT2D eigenvalue weighted by Crippen LogP contribution is 2.26. The molecule has 0 radical (unpaired) electrons. The third-order valence-electron chi connectivity index (χ3n) is 2.98. The molecule has 0 saturated heterocycles. The minimum atomic E-state index is 0.118. The van der Waals surface area contributed by atoms with Crippen LogP contribution in [0.2, 0.25) is 0 Å². The molecule has 1 aromatic rings. The van der Waals surface area contributed by atoms with Crippen molar-refractivity contribution in [2.75, 3.05) is 26.3 Å². The molecule has 0 aliphatic carbocycles. The highest BCUT2D eigenvalue weighted by atomic mass is 79.9. The maximum Gasteiger partial charge on any atom is 0.254 e. The highest BCUT2D eigenvalue weighted by Gasteiger charge is 2.24. The van der Waals surface area contributed by atoms with Crippen molar-refractivity contribution in [2.24, 2.45) is 0 Å². The van der Waals surface area contributed by atoms with Crippen molar-refractivity contribution in [1.82, 2.24) is 4.90 Å². The van der Waals surface area contributed by atoms with Crippen molar-refractivity contribution < 1.29 is 9.53 Å². The van der Waals surface area contributed by atoms with E-state index in [-0.39, 0.29) is 5.91 Å². The summed E-state index contributed by atoms with van der Waals surface area (Å²) >= 11 is 3.50. The van der Waals surface area contributed by atoms with E-state index in [2.05, 4.69) is 15.9 Å². The highest BCUT2D eigenvalue weighted by molar-refractivity contribution is 9.10. The largest absolute Gasteiger partial charge is 0.380 e. The lowest BCUT2D eigenvalue weighted by atomic mass is 9.99. The van der Waals surface area contributed by atoms with E-state index in [0.717, 1.165) is 28.6 Å². The van der Waals surface area contributed by atoms with Crippen molar-refractivity contribution in [3.05, 3.63) is 33.8 Å². The Kier molecular flexibility index (Phi) is 4.18. The Morgan fingerprint density at radius 2 is 2.29 bits per heavy atom. The predicted molar refractivity (Wildman–Crippen MR) is 70.2 cm³/mol. The van der Waals surface area contributed by atoms with Gasteiger partial charge in [0.25, 0.3) is 5.91 Å². The third kappa shape index (κ3) is 2.69. The number of benzene rings is 1. The zero-order valence-electron chi connectivity index (χ0n) is 9.91. The van der Waals surface area contributed by atoms with Gasteiger partial charge < -0.3 is 9.64 Å². The van der Waals surface area contributed by atoms with Crippen LogP contribution in [0.25, 0.3) is 0 Å². The van der Waals surface area contributed by atoms with Gasteiger partial charge in [-0.1, -0.05) is 22.0 Å². The first-order valence-electron chi connectivity index (χ1n) is 5.88. The minimum absolute atomic E-state index is 0.118. The van der Waals surface area contributed by atoms with Crippen LogP contribution in [0, 0.1) is 0 Å². The van der Waals surface area contributed by atoms with Gasteiger partial charge in [-0.15, -0.1) is 0 Å². The Balaban J connectivity index is 2.11. The molecule has 0 N–H and O–H groups in total. The van der Waals surface area contributed by atoms with Gasteiger partial charge in [0.2, 0.25) is 0 Å². The van der Waals surface area contributed by atoms with E-state index in [4.69, 9.17) is 4.74 Å². The van der Waals surface area contributed by atoms with Gasteiger partial charge in [-0.05, 0) is 31.0 Å². The molecule has 1 aromatic carbocycles. The summed E-state index contributed by atoms with van der Waals surface area (Å²) in [5.41, 5.74) is 1.95. The summed E-state index contributed by atoms with van der Waals surface area (Å²) in [4.78, 5) is 14.1. The molecule has 4 heteroatoms. The van der Waals surface area contributed by atoms with E-state index >= 15 is 0 Å². The molecule has 17 heavy (non-hydrogen) atoms. The van der Waals surface area contributed by atoms with Crippen LogP contribution >= 0.6 is 15.9 Å². The predicted octanol–water partition coefficient (Wildman–Crippen LogP) is 2.48. The van der Waals surface area contributed by atoms with Gasteiger partial charge in [0.1, 0.15) is 0 Å². The number of nitrogens with zero attached hydrogens (tertiary/aromatic N) is 1. The molecule has 0 saturated carbocycles. The average Bonchev–Trinajstić information content (AvgIpc) is 2.33. The second kappa shape index (κ2) is 5.65. The quantitative estimate of drug-likeness (QED) is 0.799. The molecule has 1 aliphatic heterocycles. The van der Waals surface area contributed by atoms with Gasteiger partial charge in [-0.2, -0.15) is 0 Å². The summed E-state index contributed by atoms with van der Waals surface area (Å²) in [6.07, 6.45) is 0.911. The average molecular weight is 298 g/mol. The van der Waals surface area contributed by atoms with Gasteiger partial charge in [-0.25, -0.2) is 0 Å². The molecule has 2 rings (SSSR count). The fourth-order valence-electron chi connectivity index (χ4n) is 2.06. The van der Waals surface area contributed by atoms with E-state index in [0.29, 0.717) is 19.8 Å². The Morgan fingerprint density at radius 3 is 3.06 bits per heavy atom. The molecule has 1 amide bonds. The van der Waals surface area contributed by atoms with Crippen molar-refractivity contribution >= 4 is 21.8 Å². The Labute approximate surface area is 110 Å². The number of halogens is 1. The normalized spacial score (nSPS) is 14.9. The maximum absolute atomic E-state index is 12.2. The summed E-state index contributed by atoms with van der Waals surface area (Å²) in [7, 11) is 0. The first kappa shape index (κ1) is 12.6. The monoisotopic (exact) mass is 297 g/mol. The molecule has 0 bridgehead atoms. The van der Waals surface area contributed by atoms with E-state index < -0.39 is 0 Å². The smallest absolute Gasteiger partial charge is 0.254 e. The van der Waals surface area contributed by atoms with E-state index in [1.54, 1.807) is 0 Å². The molecule has 0 fully saturated rings. The maximum atomic E-state index is 12.2. The topological polar surface area (TPSA) is 29.5 Å². The number of ether oxygens (including phenoxy) is 1. The third-order valence-corrected chi connectivity index (χ3v) is 3.72. The number of carbonyl (C=O) groups excluding carboxylic acids is 1. The molecule has 1 heterocycles. The lowest BCUT2D eigenvalue weighted by Gasteiger charge is -2.29. The molecule has 0 aromatic heterocycles. The standard InChI is InChI=1S/C13H16BrNO2/c1-2-17-9-8-15-7-6-10-11(13(15)16)4-3-5-12(10)14/h3-5H,2,6-9H2,1H3. The first-order chi connectivity index (χ1) is 8.24. The second-order valence-electron chi connectivity index (χ2n) is 4.01. The lowest BCUT2D eigenvalue weighted by Crippen LogP contribution is -2.39. The molecule has 3 nitrogen and oxygen atoms in total. The van der Waals surface area contributed by atoms with Crippen LogP contribution in [-0.4, -0.2) is 37.1 Å². The van der Waals surface area contributed by atoms with Crippen molar-refractivity contribution in [2.45, 2.75) is 13.3 Å². The second-order valence-corrected chi connectivity index (χ2v) is 4.86. The molecule has 0 spiro atoms. The van der Waals surface area contributed by atoms with Crippen LogP contribution in [0.15, 0.2) is 22.7 Å². The van der Waals surface area contributed by atoms with Crippen LogP contribution < -0.4 is 0 Å². The van der Waals surface area contributed by atoms with E-state index in [1.165, 1.54) is 0 Å². The molecule has 0 atom stereocenters. The number of hydrogen-bond acceptors (Lipinski definition) is 2. The lowest BCUT2D eigenvalue weighted by molar-refractivity contribution is 0.0641. The minimum Gasteiger partial charge on any atom is -0.380 e. The van der Waals surface area contributed by atoms with Gasteiger partial charge in [0.05, 0.1) is 6.61 Å². The van der Waals surface area contributed by atoms with Crippen molar-refractivity contribution in [3.63, 3.8) is 0 Å². The number of fused-ring (bicyclic) bond motifs is 1. The van der Waals surface area contributed by atoms with Gasteiger partial charge in [0, 0.05) is 29.7 Å². The number of carbonyl (C=O) groups is 1. The summed E-state index contributed by atoms with van der Waals surface area (Å²) in [6, 6.07) is 5.80. The van der Waals surface area contributed by atoms with Crippen molar-refractivity contribution in [1.29, 1.82) is 0 Å². The molecule has 92 valence electrons. The van der Waals surface area contributed by atoms with Crippen LogP contribution in [0.3, 0.4) is 0 Å². The number of rotatable bonds is 4. The SMILES string of the molecule is CCOCCN1CCc2c(Br)cccc2C1=O. The number of hydrogen-bond donors (Lipinski definition) is 0. The molecule has 1 aliphatic rings.